The molecule has 4 aliphatic rings. The summed E-state index contributed by atoms with van der Waals surface area (Å²) in [6.07, 6.45) is 6.87. The Morgan fingerprint density at radius 2 is 1.88 bits per heavy atom. The summed E-state index contributed by atoms with van der Waals surface area (Å²) in [4.78, 5) is 12.2. The zero-order valence-corrected chi connectivity index (χ0v) is 13.2. The van der Waals surface area contributed by atoms with Gasteiger partial charge in [0.25, 0.3) is 0 Å². The Morgan fingerprint density at radius 3 is 2.47 bits per heavy atom. The van der Waals surface area contributed by atoms with Crippen LogP contribution >= 0.6 is 0 Å². The summed E-state index contributed by atoms with van der Waals surface area (Å²) in [7, 11) is 0. The summed E-state index contributed by atoms with van der Waals surface area (Å²) in [5, 5.41) is 10.4. The van der Waals surface area contributed by atoms with Crippen LogP contribution in [0.15, 0.2) is 0 Å². The van der Waals surface area contributed by atoms with E-state index in [1.54, 1.807) is 0 Å². The second-order valence-corrected chi connectivity index (χ2v) is 5.79. The van der Waals surface area contributed by atoms with Crippen LogP contribution < -0.4 is 0 Å². The Morgan fingerprint density at radius 1 is 1.24 bits per heavy atom. The number of fused-ring (bicyclic) bond motifs is 2. The number of Topliss-reactive ketones (excluding diaryl/α,β-unsaturated/α-hetero) is 1. The van der Waals surface area contributed by atoms with E-state index in [-0.39, 0.29) is 44.3 Å². The average Bonchev–Trinajstić information content (AvgIpc) is 2.26. The van der Waals surface area contributed by atoms with Gasteiger partial charge in [0.15, 0.2) is 5.79 Å². The number of carbonyl (C=O) groups is 1. The number of ether oxygens (including phenoxy) is 1. The van der Waals surface area contributed by atoms with E-state index in [4.69, 9.17) is 4.74 Å². The number of hydrogen-bond donors (Lipinski definition) is 1. The van der Waals surface area contributed by atoms with Crippen molar-refractivity contribution in [2.24, 2.45) is 11.8 Å². The Balaban J connectivity index is 0.00000108. The molecule has 96 valence electrons. The zero-order chi connectivity index (χ0) is 11.4. The van der Waals surface area contributed by atoms with Crippen LogP contribution in [0.5, 0.6) is 0 Å². The minimum atomic E-state index is -1.16. The molecule has 2 saturated heterocycles. The van der Waals surface area contributed by atoms with Gasteiger partial charge in [-0.05, 0) is 19.3 Å². The second kappa shape index (κ2) is 4.43. The number of hydrogen-bond acceptors (Lipinski definition) is 3. The van der Waals surface area contributed by atoms with E-state index in [0.29, 0.717) is 6.42 Å². The Labute approximate surface area is 117 Å². The topological polar surface area (TPSA) is 46.5 Å². The molecule has 0 aromatic rings. The third-order valence-electron chi connectivity index (χ3n) is 4.95. The molecule has 2 bridgehead atoms. The normalized spacial score (nSPS) is 43.5. The van der Waals surface area contributed by atoms with Gasteiger partial charge in [0.1, 0.15) is 5.78 Å². The van der Waals surface area contributed by atoms with Crippen molar-refractivity contribution in [2.75, 3.05) is 0 Å². The monoisotopic (exact) mass is 408 g/mol. The first-order valence-corrected chi connectivity index (χ1v) is 6.54. The minimum absolute atomic E-state index is 0. The Bertz CT molecular complexity index is 325. The van der Waals surface area contributed by atoms with Crippen LogP contribution in [0.4, 0.5) is 0 Å². The molecule has 3 atom stereocenters. The predicted molar refractivity (Wildman–Crippen MR) is 58.7 cm³/mol. The first-order valence-electron chi connectivity index (χ1n) is 6.54. The summed E-state index contributed by atoms with van der Waals surface area (Å²) in [5.74, 6) is -1.21. The van der Waals surface area contributed by atoms with Gasteiger partial charge in [-0.15, -0.1) is 0 Å². The maximum absolute atomic E-state index is 12.2. The van der Waals surface area contributed by atoms with Crippen molar-refractivity contribution in [1.82, 2.24) is 0 Å². The quantitative estimate of drug-likeness (QED) is 0.668. The third kappa shape index (κ3) is 1.86. The first-order chi connectivity index (χ1) is 7.57. The van der Waals surface area contributed by atoms with E-state index >= 15 is 0 Å². The van der Waals surface area contributed by atoms with Crippen LogP contribution in [-0.4, -0.2) is 22.3 Å². The molecule has 4 heteroatoms. The Kier molecular flexibility index (Phi) is 3.57. The van der Waals surface area contributed by atoms with E-state index < -0.39 is 5.79 Å². The average molecular weight is 408 g/mol. The fourth-order valence-electron chi connectivity index (χ4n) is 3.92. The largest absolute Gasteiger partial charge is 0.365 e. The van der Waals surface area contributed by atoms with Crippen LogP contribution in [0.1, 0.15) is 51.9 Å². The van der Waals surface area contributed by atoms with Crippen LogP contribution in [0, 0.1) is 11.8 Å². The van der Waals surface area contributed by atoms with Crippen LogP contribution in [-0.2, 0) is 30.6 Å². The summed E-state index contributed by atoms with van der Waals surface area (Å²) < 4.78 is 6.02. The molecule has 17 heavy (non-hydrogen) atoms. The van der Waals surface area contributed by atoms with Gasteiger partial charge in [-0.2, -0.15) is 0 Å². The van der Waals surface area contributed by atoms with E-state index in [9.17, 15) is 9.90 Å². The van der Waals surface area contributed by atoms with Crippen molar-refractivity contribution in [3.8, 4) is 0 Å². The SMILES string of the molecule is CC1C(=O)C2CCC1(O)OC21CCCCC1.[W]. The maximum atomic E-state index is 12.2. The zero-order valence-electron chi connectivity index (χ0n) is 10.3. The molecule has 2 aliphatic heterocycles. The van der Waals surface area contributed by atoms with Gasteiger partial charge in [-0.25, -0.2) is 0 Å². The smallest absolute Gasteiger partial charge is 0.175 e. The van der Waals surface area contributed by atoms with Crippen molar-refractivity contribution < 1.29 is 35.7 Å². The molecule has 2 saturated carbocycles. The summed E-state index contributed by atoms with van der Waals surface area (Å²) in [5.41, 5.74) is -0.311. The molecule has 0 radical (unpaired) electrons. The first kappa shape index (κ1) is 13.7. The molecule has 1 spiro atoms. The Hall–Kier alpha value is 0.278. The molecular weight excluding hydrogens is 388 g/mol. The van der Waals surface area contributed by atoms with Gasteiger partial charge in [0, 0.05) is 33.4 Å². The fraction of sp³-hybridized carbons (Fsp3) is 0.923. The predicted octanol–water partition coefficient (Wildman–Crippen LogP) is 2.02. The van der Waals surface area contributed by atoms with Crippen LogP contribution in [0.25, 0.3) is 0 Å². The van der Waals surface area contributed by atoms with Gasteiger partial charge < -0.3 is 9.84 Å². The van der Waals surface area contributed by atoms with Crippen molar-refractivity contribution in [3.05, 3.63) is 0 Å². The molecule has 2 heterocycles. The van der Waals surface area contributed by atoms with Gasteiger partial charge in [-0.3, -0.25) is 4.79 Å². The maximum Gasteiger partial charge on any atom is 0.175 e. The molecular formula is C13H20O3W. The number of carbonyl (C=O) groups excluding carboxylic acids is 1. The van der Waals surface area contributed by atoms with Crippen molar-refractivity contribution in [1.29, 1.82) is 0 Å². The number of ketones is 1. The standard InChI is InChI=1S/C13H20O3.W/c1-9-11(14)10-5-8-13(9,15)16-12(10)6-3-2-4-7-12;/h9-10,15H,2-8H2,1H3;. The number of aliphatic hydroxyl groups is 1. The van der Waals surface area contributed by atoms with Crippen molar-refractivity contribution >= 4 is 5.78 Å². The van der Waals surface area contributed by atoms with Crippen LogP contribution in [0.3, 0.4) is 0 Å². The molecule has 4 fully saturated rings. The molecule has 3 nitrogen and oxygen atoms in total. The number of rotatable bonds is 0. The van der Waals surface area contributed by atoms with Crippen molar-refractivity contribution in [2.45, 2.75) is 63.3 Å². The molecule has 1 N–H and O–H groups in total. The van der Waals surface area contributed by atoms with Gasteiger partial charge >= 0.3 is 0 Å². The van der Waals surface area contributed by atoms with Gasteiger partial charge in [-0.1, -0.05) is 26.2 Å². The molecule has 0 aromatic carbocycles. The van der Waals surface area contributed by atoms with Gasteiger partial charge in [0.2, 0.25) is 0 Å². The van der Waals surface area contributed by atoms with Gasteiger partial charge in [0.05, 0.1) is 11.5 Å². The third-order valence-corrected chi connectivity index (χ3v) is 4.95. The summed E-state index contributed by atoms with van der Waals surface area (Å²) in [6.45, 7) is 1.81. The minimum Gasteiger partial charge on any atom is -0.365 e. The molecule has 0 aromatic heterocycles. The van der Waals surface area contributed by atoms with E-state index in [2.05, 4.69) is 0 Å². The molecule has 0 amide bonds. The van der Waals surface area contributed by atoms with E-state index in [1.807, 2.05) is 6.92 Å². The van der Waals surface area contributed by atoms with Crippen molar-refractivity contribution in [3.63, 3.8) is 0 Å². The van der Waals surface area contributed by atoms with E-state index in [1.165, 1.54) is 6.42 Å². The molecule has 3 unspecified atom stereocenters. The summed E-state index contributed by atoms with van der Waals surface area (Å²) in [6, 6.07) is 0. The van der Waals surface area contributed by atoms with E-state index in [0.717, 1.165) is 32.1 Å². The second-order valence-electron chi connectivity index (χ2n) is 5.79. The molecule has 4 rings (SSSR count). The van der Waals surface area contributed by atoms with Crippen LogP contribution in [0.2, 0.25) is 0 Å². The summed E-state index contributed by atoms with van der Waals surface area (Å²) >= 11 is 0. The molecule has 2 aliphatic carbocycles. The fourth-order valence-corrected chi connectivity index (χ4v) is 3.92.